The van der Waals surface area contributed by atoms with E-state index in [2.05, 4.69) is 19.2 Å². The molecule has 2 heteroatoms. The van der Waals surface area contributed by atoms with Crippen molar-refractivity contribution in [2.24, 2.45) is 0 Å². The van der Waals surface area contributed by atoms with Gasteiger partial charge in [0.25, 0.3) is 0 Å². The fourth-order valence-electron chi connectivity index (χ4n) is 2.95. The van der Waals surface area contributed by atoms with Gasteiger partial charge in [-0.3, -0.25) is 0 Å². The second-order valence-electron chi connectivity index (χ2n) is 5.95. The normalized spacial score (nSPS) is 19.5. The maximum absolute atomic E-state index is 5.77. The van der Waals surface area contributed by atoms with Crippen LogP contribution in [0, 0.1) is 0 Å². The van der Waals surface area contributed by atoms with Crippen molar-refractivity contribution in [3.05, 3.63) is 0 Å². The Morgan fingerprint density at radius 3 is 2.39 bits per heavy atom. The number of nitrogens with one attached hydrogen (secondary N) is 1. The van der Waals surface area contributed by atoms with E-state index >= 15 is 0 Å². The summed E-state index contributed by atoms with van der Waals surface area (Å²) in [6.45, 7) is 5.68. The molecule has 1 atom stereocenters. The lowest BCUT2D eigenvalue weighted by atomic mass is 9.75. The number of hydrogen-bond donors (Lipinski definition) is 1. The first-order chi connectivity index (χ1) is 8.76. The van der Waals surface area contributed by atoms with Crippen LogP contribution >= 0.6 is 0 Å². The highest BCUT2D eigenvalue weighted by Crippen LogP contribution is 2.39. The molecular formula is C16H33NO. The van der Waals surface area contributed by atoms with Gasteiger partial charge in [-0.25, -0.2) is 0 Å². The summed E-state index contributed by atoms with van der Waals surface area (Å²) in [5, 5.41) is 3.72. The van der Waals surface area contributed by atoms with Gasteiger partial charge in [-0.05, 0) is 45.1 Å². The number of unbranched alkanes of at least 4 members (excludes halogenated alkanes) is 3. The Kier molecular flexibility index (Phi) is 7.92. The second-order valence-corrected chi connectivity index (χ2v) is 5.95. The first-order valence-electron chi connectivity index (χ1n) is 8.05. The van der Waals surface area contributed by atoms with Gasteiger partial charge in [-0.1, -0.05) is 39.5 Å². The lowest BCUT2D eigenvalue weighted by Gasteiger charge is -2.43. The summed E-state index contributed by atoms with van der Waals surface area (Å²) in [6, 6.07) is 0.669. The van der Waals surface area contributed by atoms with Crippen LogP contribution in [0.25, 0.3) is 0 Å². The van der Waals surface area contributed by atoms with Crippen LogP contribution in [0.1, 0.15) is 78.1 Å². The van der Waals surface area contributed by atoms with Crippen molar-refractivity contribution in [1.82, 2.24) is 5.32 Å². The van der Waals surface area contributed by atoms with Crippen LogP contribution in [0.15, 0.2) is 0 Å². The molecule has 0 radical (unpaired) electrons. The lowest BCUT2D eigenvalue weighted by molar-refractivity contribution is -0.0839. The van der Waals surface area contributed by atoms with Crippen molar-refractivity contribution in [1.29, 1.82) is 0 Å². The van der Waals surface area contributed by atoms with E-state index in [9.17, 15) is 0 Å². The van der Waals surface area contributed by atoms with E-state index in [4.69, 9.17) is 4.74 Å². The Balaban J connectivity index is 2.29. The highest BCUT2D eigenvalue weighted by atomic mass is 16.5. The summed E-state index contributed by atoms with van der Waals surface area (Å²) in [5.74, 6) is 0. The highest BCUT2D eigenvalue weighted by molar-refractivity contribution is 4.93. The molecule has 0 aliphatic heterocycles. The van der Waals surface area contributed by atoms with Crippen molar-refractivity contribution in [3.8, 4) is 0 Å². The molecular weight excluding hydrogens is 222 g/mol. The van der Waals surface area contributed by atoms with Crippen LogP contribution in [0.2, 0.25) is 0 Å². The smallest absolute Gasteiger partial charge is 0.0693 e. The first-order valence-corrected chi connectivity index (χ1v) is 8.05. The molecule has 1 saturated carbocycles. The van der Waals surface area contributed by atoms with Crippen molar-refractivity contribution in [2.75, 3.05) is 13.7 Å². The Hall–Kier alpha value is -0.0800. The minimum Gasteiger partial charge on any atom is -0.378 e. The Labute approximate surface area is 114 Å². The van der Waals surface area contributed by atoms with Crippen molar-refractivity contribution in [3.63, 3.8) is 0 Å². The molecule has 2 nitrogen and oxygen atoms in total. The average molecular weight is 255 g/mol. The standard InChI is InChI=1S/C16H33NO/c1-4-6-7-8-10-15(17-13-5-2)14-16(18-3)11-9-12-16/h15,17H,4-14H2,1-3H3. The van der Waals surface area contributed by atoms with Gasteiger partial charge in [-0.15, -0.1) is 0 Å². The maximum atomic E-state index is 5.77. The molecule has 0 aromatic heterocycles. The Morgan fingerprint density at radius 1 is 1.11 bits per heavy atom. The van der Waals surface area contributed by atoms with Crippen LogP contribution < -0.4 is 5.32 Å². The van der Waals surface area contributed by atoms with E-state index in [1.807, 2.05) is 7.11 Å². The average Bonchev–Trinajstić information content (AvgIpc) is 2.35. The van der Waals surface area contributed by atoms with Gasteiger partial charge in [0, 0.05) is 13.2 Å². The highest BCUT2D eigenvalue weighted by Gasteiger charge is 2.38. The van der Waals surface area contributed by atoms with E-state index in [0.717, 1.165) is 6.54 Å². The topological polar surface area (TPSA) is 21.3 Å². The molecule has 1 unspecified atom stereocenters. The summed E-state index contributed by atoms with van der Waals surface area (Å²) in [4.78, 5) is 0. The first kappa shape index (κ1) is 16.0. The molecule has 108 valence electrons. The zero-order valence-corrected chi connectivity index (χ0v) is 12.8. The van der Waals surface area contributed by atoms with E-state index < -0.39 is 0 Å². The third-order valence-corrected chi connectivity index (χ3v) is 4.41. The summed E-state index contributed by atoms with van der Waals surface area (Å²) in [7, 11) is 1.90. The van der Waals surface area contributed by atoms with Gasteiger partial charge < -0.3 is 10.1 Å². The number of ether oxygens (including phenoxy) is 1. The van der Waals surface area contributed by atoms with Gasteiger partial charge in [-0.2, -0.15) is 0 Å². The number of methoxy groups -OCH3 is 1. The third kappa shape index (κ3) is 5.27. The fraction of sp³-hybridized carbons (Fsp3) is 1.00. The molecule has 1 N–H and O–H groups in total. The molecule has 0 spiro atoms. The summed E-state index contributed by atoms with van der Waals surface area (Å²) >= 11 is 0. The van der Waals surface area contributed by atoms with Crippen molar-refractivity contribution >= 4 is 0 Å². The van der Waals surface area contributed by atoms with E-state index in [-0.39, 0.29) is 5.60 Å². The van der Waals surface area contributed by atoms with Crippen LogP contribution in [-0.4, -0.2) is 25.3 Å². The lowest BCUT2D eigenvalue weighted by Crippen LogP contribution is -2.46. The van der Waals surface area contributed by atoms with Crippen LogP contribution in [0.3, 0.4) is 0 Å². The largest absolute Gasteiger partial charge is 0.378 e. The molecule has 1 aliphatic carbocycles. The van der Waals surface area contributed by atoms with E-state index in [1.165, 1.54) is 64.2 Å². The predicted octanol–water partition coefficient (Wildman–Crippen LogP) is 4.28. The van der Waals surface area contributed by atoms with Gasteiger partial charge in [0.15, 0.2) is 0 Å². The molecule has 1 fully saturated rings. The van der Waals surface area contributed by atoms with Crippen LogP contribution in [0.5, 0.6) is 0 Å². The van der Waals surface area contributed by atoms with E-state index in [0.29, 0.717) is 6.04 Å². The van der Waals surface area contributed by atoms with Gasteiger partial charge in [0.05, 0.1) is 5.60 Å². The summed E-state index contributed by atoms with van der Waals surface area (Å²) in [6.07, 6.45) is 13.1. The zero-order valence-electron chi connectivity index (χ0n) is 12.8. The maximum Gasteiger partial charge on any atom is 0.0693 e. The molecule has 18 heavy (non-hydrogen) atoms. The molecule has 0 aromatic rings. The fourth-order valence-corrected chi connectivity index (χ4v) is 2.95. The third-order valence-electron chi connectivity index (χ3n) is 4.41. The SMILES string of the molecule is CCCCCCC(CC1(OC)CCC1)NCCC. The van der Waals surface area contributed by atoms with Gasteiger partial charge >= 0.3 is 0 Å². The Bertz CT molecular complexity index is 196. The Morgan fingerprint density at radius 2 is 1.89 bits per heavy atom. The molecule has 0 amide bonds. The second kappa shape index (κ2) is 8.92. The number of hydrogen-bond acceptors (Lipinski definition) is 2. The van der Waals surface area contributed by atoms with Crippen LogP contribution in [-0.2, 0) is 4.74 Å². The molecule has 1 rings (SSSR count). The molecule has 0 saturated heterocycles. The zero-order chi connectivity index (χ0) is 13.3. The minimum absolute atomic E-state index is 0.218. The van der Waals surface area contributed by atoms with Gasteiger partial charge in [0.1, 0.15) is 0 Å². The molecule has 1 aliphatic rings. The van der Waals surface area contributed by atoms with Crippen molar-refractivity contribution in [2.45, 2.75) is 89.7 Å². The molecule has 0 aromatic carbocycles. The summed E-state index contributed by atoms with van der Waals surface area (Å²) < 4.78 is 5.77. The minimum atomic E-state index is 0.218. The molecule has 0 heterocycles. The quantitative estimate of drug-likeness (QED) is 0.556. The monoisotopic (exact) mass is 255 g/mol. The van der Waals surface area contributed by atoms with E-state index in [1.54, 1.807) is 0 Å². The number of rotatable bonds is 11. The van der Waals surface area contributed by atoms with Crippen LogP contribution in [0.4, 0.5) is 0 Å². The van der Waals surface area contributed by atoms with Gasteiger partial charge in [0.2, 0.25) is 0 Å². The molecule has 0 bridgehead atoms. The predicted molar refractivity (Wildman–Crippen MR) is 79.0 cm³/mol. The van der Waals surface area contributed by atoms with Crippen molar-refractivity contribution < 1.29 is 4.74 Å². The summed E-state index contributed by atoms with van der Waals surface area (Å²) in [5.41, 5.74) is 0.218.